The van der Waals surface area contributed by atoms with Crippen molar-refractivity contribution in [3.05, 3.63) is 89.0 Å². The SMILES string of the molecule is Nc1cccc(SC(C(=O)Nc2c(F)c(F)c(C(F)(F)F)c(F)c2F)c2ccccc2)c1. The first-order valence-corrected chi connectivity index (χ1v) is 9.69. The fraction of sp³-hybridized carbons (Fsp3) is 0.0952. The van der Waals surface area contributed by atoms with Gasteiger partial charge < -0.3 is 11.1 Å². The topological polar surface area (TPSA) is 55.1 Å². The Hall–Kier alpha value is -3.21. The molecule has 1 unspecified atom stereocenters. The van der Waals surface area contributed by atoms with Crippen LogP contribution in [0.3, 0.4) is 0 Å². The van der Waals surface area contributed by atoms with Gasteiger partial charge in [0.05, 0.1) is 0 Å². The van der Waals surface area contributed by atoms with Gasteiger partial charge in [0.25, 0.3) is 0 Å². The summed E-state index contributed by atoms with van der Waals surface area (Å²) in [5.41, 5.74) is 2.04. The van der Waals surface area contributed by atoms with Crippen molar-refractivity contribution in [1.29, 1.82) is 0 Å². The average Bonchev–Trinajstić information content (AvgIpc) is 2.73. The van der Waals surface area contributed by atoms with Crippen LogP contribution in [-0.4, -0.2) is 5.91 Å². The summed E-state index contributed by atoms with van der Waals surface area (Å²) >= 11 is 0.906. The molecule has 3 rings (SSSR count). The molecule has 0 bridgehead atoms. The molecule has 0 saturated heterocycles. The van der Waals surface area contributed by atoms with Gasteiger partial charge in [-0.2, -0.15) is 13.2 Å². The van der Waals surface area contributed by atoms with Crippen LogP contribution in [0.5, 0.6) is 0 Å². The lowest BCUT2D eigenvalue weighted by Crippen LogP contribution is -2.23. The van der Waals surface area contributed by atoms with Gasteiger partial charge in [-0.3, -0.25) is 4.79 Å². The van der Waals surface area contributed by atoms with Gasteiger partial charge in [0.15, 0.2) is 23.3 Å². The minimum Gasteiger partial charge on any atom is -0.399 e. The summed E-state index contributed by atoms with van der Waals surface area (Å²) < 4.78 is 94.5. The Balaban J connectivity index is 2.02. The van der Waals surface area contributed by atoms with E-state index in [-0.39, 0.29) is 0 Å². The van der Waals surface area contributed by atoms with Crippen LogP contribution < -0.4 is 11.1 Å². The fourth-order valence-electron chi connectivity index (χ4n) is 2.80. The second kappa shape index (κ2) is 9.11. The molecule has 11 heteroatoms. The van der Waals surface area contributed by atoms with E-state index in [1.165, 1.54) is 18.2 Å². The lowest BCUT2D eigenvalue weighted by Gasteiger charge is -2.19. The van der Waals surface area contributed by atoms with E-state index in [0.29, 0.717) is 16.1 Å². The van der Waals surface area contributed by atoms with Gasteiger partial charge >= 0.3 is 6.18 Å². The Bertz CT molecular complexity index is 1120. The second-order valence-corrected chi connectivity index (χ2v) is 7.65. The number of nitrogens with two attached hydrogens (primary N) is 1. The predicted octanol–water partition coefficient (Wildman–Crippen LogP) is 6.32. The van der Waals surface area contributed by atoms with E-state index in [1.54, 1.807) is 41.7 Å². The number of hydrogen-bond donors (Lipinski definition) is 2. The molecule has 1 amide bonds. The highest BCUT2D eigenvalue weighted by atomic mass is 32.2. The highest BCUT2D eigenvalue weighted by molar-refractivity contribution is 8.00. The van der Waals surface area contributed by atoms with Gasteiger partial charge in [-0.1, -0.05) is 36.4 Å². The maximum Gasteiger partial charge on any atom is 0.422 e. The molecule has 3 N–H and O–H groups in total. The molecule has 0 fully saturated rings. The molecule has 3 aromatic carbocycles. The summed E-state index contributed by atoms with van der Waals surface area (Å²) in [7, 11) is 0. The Kier molecular flexibility index (Phi) is 6.68. The van der Waals surface area contributed by atoms with Crippen LogP contribution in [0.2, 0.25) is 0 Å². The number of nitrogens with one attached hydrogen (secondary N) is 1. The molecule has 0 heterocycles. The number of carbonyl (C=O) groups excluding carboxylic acids is 1. The van der Waals surface area contributed by atoms with Crippen molar-refractivity contribution in [2.24, 2.45) is 0 Å². The van der Waals surface area contributed by atoms with Crippen molar-refractivity contribution in [3.63, 3.8) is 0 Å². The van der Waals surface area contributed by atoms with Crippen LogP contribution in [0, 0.1) is 23.3 Å². The summed E-state index contributed by atoms with van der Waals surface area (Å²) in [4.78, 5) is 13.3. The normalized spacial score (nSPS) is 12.5. The van der Waals surface area contributed by atoms with Crippen LogP contribution >= 0.6 is 11.8 Å². The van der Waals surface area contributed by atoms with Crippen molar-refractivity contribution < 1.29 is 35.5 Å². The minimum absolute atomic E-state index is 0.353. The lowest BCUT2D eigenvalue weighted by molar-refractivity contribution is -0.143. The zero-order valence-corrected chi connectivity index (χ0v) is 16.6. The quantitative estimate of drug-likeness (QED) is 0.197. The Morgan fingerprint density at radius 1 is 0.875 bits per heavy atom. The predicted molar refractivity (Wildman–Crippen MR) is 106 cm³/mol. The first-order chi connectivity index (χ1) is 15.0. The van der Waals surface area contributed by atoms with Gasteiger partial charge in [0.2, 0.25) is 5.91 Å². The maximum absolute atomic E-state index is 14.2. The number of amides is 1. The molecule has 0 spiro atoms. The molecular weight excluding hydrogens is 461 g/mol. The summed E-state index contributed by atoms with van der Waals surface area (Å²) in [6, 6.07) is 14.1. The summed E-state index contributed by atoms with van der Waals surface area (Å²) in [6.07, 6.45) is -5.69. The third kappa shape index (κ3) is 4.82. The van der Waals surface area contributed by atoms with Gasteiger partial charge in [0.1, 0.15) is 16.5 Å². The number of nitrogen functional groups attached to an aromatic ring is 1. The number of halogens is 7. The summed E-state index contributed by atoms with van der Waals surface area (Å²) in [5, 5.41) is 0.494. The molecule has 1 atom stereocenters. The van der Waals surface area contributed by atoms with Gasteiger partial charge in [0, 0.05) is 10.6 Å². The molecule has 168 valence electrons. The standard InChI is InChI=1S/C21H13F7N2OS/c22-14-13(21(26,27)28)15(23)17(25)18(16(14)24)30-20(31)19(10-5-2-1-3-6-10)32-12-8-4-7-11(29)9-12/h1-9,19H,29H2,(H,30,31). The molecule has 3 nitrogen and oxygen atoms in total. The van der Waals surface area contributed by atoms with E-state index in [0.717, 1.165) is 11.8 Å². The number of alkyl halides is 3. The van der Waals surface area contributed by atoms with Crippen LogP contribution in [0.15, 0.2) is 59.5 Å². The fourth-order valence-corrected chi connectivity index (χ4v) is 3.90. The van der Waals surface area contributed by atoms with Gasteiger partial charge in [-0.25, -0.2) is 17.6 Å². The Morgan fingerprint density at radius 3 is 2.00 bits per heavy atom. The zero-order valence-electron chi connectivity index (χ0n) is 15.8. The Labute approximate surface area is 181 Å². The molecule has 32 heavy (non-hydrogen) atoms. The maximum atomic E-state index is 14.2. The van der Waals surface area contributed by atoms with Gasteiger partial charge in [-0.15, -0.1) is 11.8 Å². The van der Waals surface area contributed by atoms with Crippen LogP contribution in [0.1, 0.15) is 16.4 Å². The largest absolute Gasteiger partial charge is 0.422 e. The molecular formula is C21H13F7N2OS. The summed E-state index contributed by atoms with van der Waals surface area (Å²) in [5.74, 6) is -11.2. The molecule has 3 aromatic rings. The van der Waals surface area contributed by atoms with Gasteiger partial charge in [-0.05, 0) is 23.8 Å². The van der Waals surface area contributed by atoms with Crippen LogP contribution in [-0.2, 0) is 11.0 Å². The van der Waals surface area contributed by atoms with Crippen molar-refractivity contribution in [3.8, 4) is 0 Å². The monoisotopic (exact) mass is 474 g/mol. The molecule has 0 aliphatic rings. The van der Waals surface area contributed by atoms with Crippen molar-refractivity contribution >= 4 is 29.0 Å². The molecule has 0 saturated carbocycles. The van der Waals surface area contributed by atoms with Crippen LogP contribution in [0.4, 0.5) is 42.1 Å². The third-order valence-electron chi connectivity index (χ3n) is 4.25. The van der Waals surface area contributed by atoms with Crippen molar-refractivity contribution in [1.82, 2.24) is 0 Å². The first-order valence-electron chi connectivity index (χ1n) is 8.81. The van der Waals surface area contributed by atoms with E-state index < -0.39 is 51.9 Å². The molecule has 0 aliphatic heterocycles. The van der Waals surface area contributed by atoms with Crippen LogP contribution in [0.25, 0.3) is 0 Å². The minimum atomic E-state index is -5.69. The van der Waals surface area contributed by atoms with Crippen molar-refractivity contribution in [2.45, 2.75) is 16.3 Å². The number of rotatable bonds is 5. The van der Waals surface area contributed by atoms with E-state index >= 15 is 0 Å². The van der Waals surface area contributed by atoms with Crippen molar-refractivity contribution in [2.75, 3.05) is 11.1 Å². The second-order valence-electron chi connectivity index (χ2n) is 6.47. The highest BCUT2D eigenvalue weighted by Crippen LogP contribution is 2.40. The van der Waals surface area contributed by atoms with E-state index in [1.807, 2.05) is 0 Å². The average molecular weight is 474 g/mol. The third-order valence-corrected chi connectivity index (χ3v) is 5.50. The number of hydrogen-bond acceptors (Lipinski definition) is 3. The lowest BCUT2D eigenvalue weighted by atomic mass is 10.1. The molecule has 0 aromatic heterocycles. The van der Waals surface area contributed by atoms with E-state index in [2.05, 4.69) is 0 Å². The number of anilines is 2. The molecule has 0 radical (unpaired) electrons. The zero-order chi connectivity index (χ0) is 23.6. The first kappa shape index (κ1) is 23.5. The van der Waals surface area contributed by atoms with E-state index in [4.69, 9.17) is 5.73 Å². The Morgan fingerprint density at radius 2 is 1.47 bits per heavy atom. The number of carbonyl (C=O) groups is 1. The number of thioether (sulfide) groups is 1. The number of benzene rings is 3. The molecule has 0 aliphatic carbocycles. The highest BCUT2D eigenvalue weighted by Gasteiger charge is 2.42. The van der Waals surface area contributed by atoms with E-state index in [9.17, 15) is 35.5 Å². The summed E-state index contributed by atoms with van der Waals surface area (Å²) in [6.45, 7) is 0. The smallest absolute Gasteiger partial charge is 0.399 e.